The first-order valence-electron chi connectivity index (χ1n) is 10.6. The first-order chi connectivity index (χ1) is 14.5. The number of aromatic hydroxyl groups is 1. The molecule has 7 nitrogen and oxygen atoms in total. The molecule has 1 aromatic carbocycles. The first kappa shape index (κ1) is 25.8. The summed E-state index contributed by atoms with van der Waals surface area (Å²) in [6, 6.07) is 3.35. The molecule has 8 heteroatoms. The van der Waals surface area contributed by atoms with Gasteiger partial charge in [0.15, 0.2) is 0 Å². The third-order valence-electron chi connectivity index (χ3n) is 4.43. The molecule has 0 aromatic heterocycles. The van der Waals surface area contributed by atoms with Gasteiger partial charge in [-0.25, -0.2) is 10.9 Å². The summed E-state index contributed by atoms with van der Waals surface area (Å²) in [7, 11) is 0. The molecule has 1 aromatic rings. The monoisotopic (exact) mass is 480 g/mol. The Morgan fingerprint density at radius 3 is 1.70 bits per heavy atom. The maximum atomic E-state index is 11.8. The molecule has 3 N–H and O–H groups in total. The van der Waals surface area contributed by atoms with Gasteiger partial charge in [0.05, 0.1) is 12.4 Å². The number of hydrazone groups is 2. The fourth-order valence-corrected chi connectivity index (χ4v) is 3.22. The molecular weight excluding hydrogens is 448 g/mol. The van der Waals surface area contributed by atoms with E-state index in [-0.39, 0.29) is 17.6 Å². The predicted octanol–water partition coefficient (Wildman–Crippen LogP) is 5.00. The Balaban J connectivity index is 2.59. The summed E-state index contributed by atoms with van der Waals surface area (Å²) >= 11 is 3.38. The van der Waals surface area contributed by atoms with Crippen LogP contribution >= 0.6 is 15.9 Å². The minimum absolute atomic E-state index is 0.0416. The van der Waals surface area contributed by atoms with Gasteiger partial charge < -0.3 is 5.11 Å². The molecule has 0 atom stereocenters. The lowest BCUT2D eigenvalue weighted by Gasteiger charge is -2.05. The Hall–Kier alpha value is -2.22. The number of unbranched alkanes of at least 4 members (excludes halogenated alkanes) is 6. The fraction of sp³-hybridized carbons (Fsp3) is 0.545. The van der Waals surface area contributed by atoms with Crippen LogP contribution in [-0.4, -0.2) is 29.4 Å². The number of hydrogen-bond acceptors (Lipinski definition) is 5. The predicted molar refractivity (Wildman–Crippen MR) is 125 cm³/mol. The van der Waals surface area contributed by atoms with Gasteiger partial charge in [-0.15, -0.1) is 0 Å². The van der Waals surface area contributed by atoms with E-state index in [1.807, 2.05) is 0 Å². The van der Waals surface area contributed by atoms with Crippen LogP contribution in [-0.2, 0) is 9.59 Å². The second kappa shape index (κ2) is 15.6. The molecule has 0 aliphatic rings. The van der Waals surface area contributed by atoms with Crippen LogP contribution in [0, 0.1) is 0 Å². The zero-order chi connectivity index (χ0) is 22.2. The largest absolute Gasteiger partial charge is 0.507 e. The molecule has 30 heavy (non-hydrogen) atoms. The molecule has 0 saturated carbocycles. The van der Waals surface area contributed by atoms with Gasteiger partial charge in [0.2, 0.25) is 11.8 Å². The summed E-state index contributed by atoms with van der Waals surface area (Å²) < 4.78 is 0.708. The Morgan fingerprint density at radius 2 is 1.30 bits per heavy atom. The van der Waals surface area contributed by atoms with E-state index in [4.69, 9.17) is 0 Å². The van der Waals surface area contributed by atoms with Crippen LogP contribution in [0.25, 0.3) is 0 Å². The maximum Gasteiger partial charge on any atom is 0.240 e. The lowest BCUT2D eigenvalue weighted by Crippen LogP contribution is -2.17. The highest BCUT2D eigenvalue weighted by molar-refractivity contribution is 9.10. The van der Waals surface area contributed by atoms with Crippen LogP contribution < -0.4 is 10.9 Å². The zero-order valence-electron chi connectivity index (χ0n) is 17.9. The molecule has 0 heterocycles. The minimum atomic E-state index is -0.153. The highest BCUT2D eigenvalue weighted by Gasteiger charge is 2.07. The molecule has 1 rings (SSSR count). The van der Waals surface area contributed by atoms with Gasteiger partial charge in [0, 0.05) is 28.4 Å². The maximum absolute atomic E-state index is 11.8. The van der Waals surface area contributed by atoms with Crippen molar-refractivity contribution in [3.05, 3.63) is 27.7 Å². The lowest BCUT2D eigenvalue weighted by molar-refractivity contribution is -0.122. The number of carbonyl (C=O) groups excluding carboxylic acids is 2. The van der Waals surface area contributed by atoms with E-state index in [2.05, 4.69) is 50.8 Å². The number of nitrogens with one attached hydrogen (secondary N) is 2. The van der Waals surface area contributed by atoms with Gasteiger partial charge in [-0.3, -0.25) is 9.59 Å². The third kappa shape index (κ3) is 11.1. The molecule has 0 saturated heterocycles. The number of rotatable bonds is 14. The number of amides is 2. The van der Waals surface area contributed by atoms with Crippen molar-refractivity contribution in [3.8, 4) is 5.75 Å². The topological polar surface area (TPSA) is 103 Å². The highest BCUT2D eigenvalue weighted by atomic mass is 79.9. The third-order valence-corrected chi connectivity index (χ3v) is 4.89. The van der Waals surface area contributed by atoms with Crippen molar-refractivity contribution in [1.82, 2.24) is 10.9 Å². The van der Waals surface area contributed by atoms with Crippen molar-refractivity contribution in [2.24, 2.45) is 10.2 Å². The second-order valence-electron chi connectivity index (χ2n) is 7.14. The summed E-state index contributed by atoms with van der Waals surface area (Å²) in [6.45, 7) is 4.24. The normalized spacial score (nSPS) is 11.3. The van der Waals surface area contributed by atoms with E-state index in [9.17, 15) is 14.7 Å². The Bertz CT molecular complexity index is 678. The van der Waals surface area contributed by atoms with Crippen molar-refractivity contribution < 1.29 is 14.7 Å². The van der Waals surface area contributed by atoms with Gasteiger partial charge in [-0.05, 0) is 25.0 Å². The van der Waals surface area contributed by atoms with Crippen LogP contribution in [0.2, 0.25) is 0 Å². The summed E-state index contributed by atoms with van der Waals surface area (Å²) in [5, 5.41) is 18.3. The quantitative estimate of drug-likeness (QED) is 0.198. The molecule has 0 spiro atoms. The van der Waals surface area contributed by atoms with E-state index >= 15 is 0 Å². The van der Waals surface area contributed by atoms with Gasteiger partial charge in [0.1, 0.15) is 5.75 Å². The van der Waals surface area contributed by atoms with E-state index < -0.39 is 0 Å². The summed E-state index contributed by atoms with van der Waals surface area (Å²) in [6.07, 6.45) is 11.8. The first-order valence-corrected chi connectivity index (χ1v) is 11.4. The molecule has 0 aliphatic heterocycles. The number of benzene rings is 1. The van der Waals surface area contributed by atoms with E-state index in [0.717, 1.165) is 51.4 Å². The van der Waals surface area contributed by atoms with Gasteiger partial charge in [0.25, 0.3) is 0 Å². The molecule has 0 unspecified atom stereocenters. The van der Waals surface area contributed by atoms with E-state index in [0.29, 0.717) is 28.4 Å². The Morgan fingerprint density at radius 1 is 0.867 bits per heavy atom. The highest BCUT2D eigenvalue weighted by Crippen LogP contribution is 2.25. The molecule has 0 radical (unpaired) electrons. The summed E-state index contributed by atoms with van der Waals surface area (Å²) in [4.78, 5) is 23.5. The zero-order valence-corrected chi connectivity index (χ0v) is 19.5. The number of phenols is 1. The van der Waals surface area contributed by atoms with Gasteiger partial charge in [-0.1, -0.05) is 68.3 Å². The van der Waals surface area contributed by atoms with Crippen molar-refractivity contribution in [2.75, 3.05) is 0 Å². The Labute approximate surface area is 187 Å². The van der Waals surface area contributed by atoms with Gasteiger partial charge in [-0.2, -0.15) is 10.2 Å². The average Bonchev–Trinajstić information content (AvgIpc) is 2.71. The van der Waals surface area contributed by atoms with Crippen molar-refractivity contribution in [2.45, 2.75) is 78.1 Å². The smallest absolute Gasteiger partial charge is 0.240 e. The minimum Gasteiger partial charge on any atom is -0.507 e. The molecule has 2 amide bonds. The molecule has 0 bridgehead atoms. The molecule has 166 valence electrons. The van der Waals surface area contributed by atoms with Crippen molar-refractivity contribution in [3.63, 3.8) is 0 Å². The Kier molecular flexibility index (Phi) is 13.4. The lowest BCUT2D eigenvalue weighted by atomic mass is 10.1. The number of phenolic OH excluding ortho intramolecular Hbond substituents is 1. The fourth-order valence-electron chi connectivity index (χ4n) is 2.72. The SMILES string of the molecule is CCCCCCC(=O)N/N=C\c1cc(Br)cc(/C=N\NC(=O)CCCCCC)c1O. The van der Waals surface area contributed by atoms with Gasteiger partial charge >= 0.3 is 0 Å². The van der Waals surface area contributed by atoms with Crippen LogP contribution in [0.1, 0.15) is 89.2 Å². The summed E-state index contributed by atoms with van der Waals surface area (Å²) in [5.74, 6) is -0.347. The average molecular weight is 481 g/mol. The van der Waals surface area contributed by atoms with Crippen molar-refractivity contribution >= 4 is 40.2 Å². The van der Waals surface area contributed by atoms with E-state index in [1.54, 1.807) is 12.1 Å². The number of nitrogens with zero attached hydrogens (tertiary/aromatic N) is 2. The summed E-state index contributed by atoms with van der Waals surface area (Å²) in [5.41, 5.74) is 5.79. The van der Waals surface area contributed by atoms with Crippen LogP contribution in [0.3, 0.4) is 0 Å². The molecular formula is C22H33BrN4O3. The second-order valence-corrected chi connectivity index (χ2v) is 8.06. The number of hydrogen-bond donors (Lipinski definition) is 3. The standard InChI is InChI=1S/C22H33BrN4O3/c1-3-5-7-9-11-20(28)26-24-15-17-13-19(23)14-18(22(17)30)16-25-27-21(29)12-10-8-6-4-2/h13-16,30H,3-12H2,1-2H3,(H,26,28)(H,27,29)/b24-15-,25-16-. The van der Waals surface area contributed by atoms with Crippen LogP contribution in [0.4, 0.5) is 0 Å². The van der Waals surface area contributed by atoms with Crippen LogP contribution in [0.5, 0.6) is 5.75 Å². The van der Waals surface area contributed by atoms with Crippen molar-refractivity contribution in [1.29, 1.82) is 0 Å². The van der Waals surface area contributed by atoms with Crippen LogP contribution in [0.15, 0.2) is 26.8 Å². The molecule has 0 fully saturated rings. The molecule has 0 aliphatic carbocycles. The number of halogens is 1. The number of carbonyl (C=O) groups is 2. The van der Waals surface area contributed by atoms with E-state index in [1.165, 1.54) is 12.4 Å².